The number of nitrogens with one attached hydrogen (secondary N) is 2. The van der Waals surface area contributed by atoms with Crippen LogP contribution in [-0.2, 0) is 23.2 Å². The molecule has 2 rings (SSSR count). The van der Waals surface area contributed by atoms with Gasteiger partial charge in [-0.1, -0.05) is 18.2 Å². The standard InChI is InChI=1S/C11H13N3O3S/c15-8-10-3-1-2-4-11(10)18(16,17)14-7-9-5-12-13-6-9/h1-6,14-15H,7-8H2,(H,12,13). The van der Waals surface area contributed by atoms with Gasteiger partial charge in [-0.2, -0.15) is 5.10 Å². The lowest BCUT2D eigenvalue weighted by atomic mass is 10.2. The van der Waals surface area contributed by atoms with E-state index in [1.165, 1.54) is 6.07 Å². The summed E-state index contributed by atoms with van der Waals surface area (Å²) in [5.74, 6) is 0. The number of hydrogen-bond donors (Lipinski definition) is 3. The molecule has 2 aromatic rings. The number of aliphatic hydroxyl groups excluding tert-OH is 1. The molecule has 0 bridgehead atoms. The van der Waals surface area contributed by atoms with Gasteiger partial charge in [0.15, 0.2) is 0 Å². The monoisotopic (exact) mass is 267 g/mol. The van der Waals surface area contributed by atoms with E-state index in [4.69, 9.17) is 5.11 Å². The molecule has 6 nitrogen and oxygen atoms in total. The van der Waals surface area contributed by atoms with Crippen LogP contribution >= 0.6 is 0 Å². The number of hydrogen-bond acceptors (Lipinski definition) is 4. The van der Waals surface area contributed by atoms with Gasteiger partial charge in [0.1, 0.15) is 0 Å². The third-order valence-electron chi connectivity index (χ3n) is 2.45. The maximum atomic E-state index is 12.1. The van der Waals surface area contributed by atoms with Gasteiger partial charge < -0.3 is 5.11 Å². The Morgan fingerprint density at radius 2 is 2.11 bits per heavy atom. The molecule has 0 amide bonds. The van der Waals surface area contributed by atoms with Crippen LogP contribution in [0.2, 0.25) is 0 Å². The summed E-state index contributed by atoms with van der Waals surface area (Å²) in [4.78, 5) is 0.0935. The number of benzene rings is 1. The van der Waals surface area contributed by atoms with E-state index in [1.807, 2.05) is 0 Å². The SMILES string of the molecule is O=S(=O)(NCc1cn[nH]c1)c1ccccc1CO. The highest BCUT2D eigenvalue weighted by Gasteiger charge is 2.17. The Morgan fingerprint density at radius 3 is 2.78 bits per heavy atom. The third kappa shape index (κ3) is 2.76. The summed E-state index contributed by atoms with van der Waals surface area (Å²) < 4.78 is 26.6. The van der Waals surface area contributed by atoms with E-state index in [2.05, 4.69) is 14.9 Å². The number of sulfonamides is 1. The van der Waals surface area contributed by atoms with Crippen molar-refractivity contribution in [2.75, 3.05) is 0 Å². The molecule has 0 aliphatic carbocycles. The van der Waals surface area contributed by atoms with Crippen LogP contribution in [0.3, 0.4) is 0 Å². The maximum Gasteiger partial charge on any atom is 0.241 e. The second-order valence-electron chi connectivity index (χ2n) is 3.70. The largest absolute Gasteiger partial charge is 0.392 e. The molecule has 0 saturated carbocycles. The Morgan fingerprint density at radius 1 is 1.33 bits per heavy atom. The fourth-order valence-electron chi connectivity index (χ4n) is 1.53. The quantitative estimate of drug-likeness (QED) is 0.730. The van der Waals surface area contributed by atoms with Crippen molar-refractivity contribution in [1.29, 1.82) is 0 Å². The Labute approximate surface area is 105 Å². The van der Waals surface area contributed by atoms with E-state index < -0.39 is 10.0 Å². The first-order chi connectivity index (χ1) is 8.63. The van der Waals surface area contributed by atoms with Crippen LogP contribution in [-0.4, -0.2) is 23.7 Å². The van der Waals surface area contributed by atoms with E-state index in [1.54, 1.807) is 30.6 Å². The molecule has 0 radical (unpaired) electrons. The Bertz CT molecular complexity index is 608. The first kappa shape index (κ1) is 12.7. The van der Waals surface area contributed by atoms with E-state index >= 15 is 0 Å². The molecule has 0 aliphatic heterocycles. The van der Waals surface area contributed by atoms with Crippen LogP contribution in [0.4, 0.5) is 0 Å². The van der Waals surface area contributed by atoms with Gasteiger partial charge in [-0.3, -0.25) is 5.10 Å². The second kappa shape index (κ2) is 5.30. The van der Waals surface area contributed by atoms with Crippen molar-refractivity contribution in [3.05, 3.63) is 47.8 Å². The van der Waals surface area contributed by atoms with Crippen molar-refractivity contribution in [2.45, 2.75) is 18.0 Å². The molecule has 0 saturated heterocycles. The normalized spacial score (nSPS) is 11.6. The Balaban J connectivity index is 2.20. The smallest absolute Gasteiger partial charge is 0.241 e. The molecule has 0 atom stereocenters. The van der Waals surface area contributed by atoms with Gasteiger partial charge >= 0.3 is 0 Å². The molecule has 1 aromatic heterocycles. The number of aliphatic hydroxyl groups is 1. The Kier molecular flexibility index (Phi) is 3.75. The van der Waals surface area contributed by atoms with E-state index in [0.29, 0.717) is 5.56 Å². The third-order valence-corrected chi connectivity index (χ3v) is 3.96. The van der Waals surface area contributed by atoms with Crippen molar-refractivity contribution >= 4 is 10.0 Å². The number of H-pyrrole nitrogens is 1. The van der Waals surface area contributed by atoms with Crippen molar-refractivity contribution in [2.24, 2.45) is 0 Å². The Hall–Kier alpha value is -1.70. The zero-order valence-electron chi connectivity index (χ0n) is 9.50. The average molecular weight is 267 g/mol. The van der Waals surface area contributed by atoms with Gasteiger partial charge in [0.25, 0.3) is 0 Å². The predicted molar refractivity (Wildman–Crippen MR) is 65.0 cm³/mol. The van der Waals surface area contributed by atoms with Gasteiger partial charge in [0, 0.05) is 18.3 Å². The second-order valence-corrected chi connectivity index (χ2v) is 5.43. The van der Waals surface area contributed by atoms with Crippen molar-refractivity contribution < 1.29 is 13.5 Å². The predicted octanol–water partition coefficient (Wildman–Crippen LogP) is 0.380. The minimum absolute atomic E-state index is 0.0935. The summed E-state index contributed by atoms with van der Waals surface area (Å²) >= 11 is 0. The van der Waals surface area contributed by atoms with Crippen LogP contribution in [0, 0.1) is 0 Å². The lowest BCUT2D eigenvalue weighted by molar-refractivity contribution is 0.278. The lowest BCUT2D eigenvalue weighted by Crippen LogP contribution is -2.24. The van der Waals surface area contributed by atoms with Gasteiger partial charge in [-0.05, 0) is 11.6 Å². The highest BCUT2D eigenvalue weighted by molar-refractivity contribution is 7.89. The summed E-state index contributed by atoms with van der Waals surface area (Å²) in [6.07, 6.45) is 3.15. The summed E-state index contributed by atoms with van der Waals surface area (Å²) in [5, 5.41) is 15.5. The zero-order valence-corrected chi connectivity index (χ0v) is 10.3. The van der Waals surface area contributed by atoms with Gasteiger partial charge in [0.2, 0.25) is 10.0 Å². The minimum atomic E-state index is -3.63. The molecule has 18 heavy (non-hydrogen) atoms. The van der Waals surface area contributed by atoms with Crippen LogP contribution < -0.4 is 4.72 Å². The van der Waals surface area contributed by atoms with Crippen LogP contribution in [0.25, 0.3) is 0 Å². The molecule has 96 valence electrons. The van der Waals surface area contributed by atoms with E-state index in [0.717, 1.165) is 5.56 Å². The minimum Gasteiger partial charge on any atom is -0.392 e. The number of aromatic amines is 1. The first-order valence-corrected chi connectivity index (χ1v) is 6.78. The molecular formula is C11H13N3O3S. The van der Waals surface area contributed by atoms with Crippen molar-refractivity contribution in [3.63, 3.8) is 0 Å². The number of aromatic nitrogens is 2. The van der Waals surface area contributed by atoms with Crippen LogP contribution in [0.1, 0.15) is 11.1 Å². The van der Waals surface area contributed by atoms with Crippen LogP contribution in [0.15, 0.2) is 41.6 Å². The first-order valence-electron chi connectivity index (χ1n) is 5.29. The van der Waals surface area contributed by atoms with Crippen molar-refractivity contribution in [1.82, 2.24) is 14.9 Å². The maximum absolute atomic E-state index is 12.1. The average Bonchev–Trinajstić information content (AvgIpc) is 2.89. The lowest BCUT2D eigenvalue weighted by Gasteiger charge is -2.09. The molecule has 7 heteroatoms. The summed E-state index contributed by atoms with van der Waals surface area (Å²) in [5.41, 5.74) is 1.11. The van der Waals surface area contributed by atoms with E-state index in [9.17, 15) is 8.42 Å². The van der Waals surface area contributed by atoms with E-state index in [-0.39, 0.29) is 18.0 Å². The fraction of sp³-hybridized carbons (Fsp3) is 0.182. The zero-order chi connectivity index (χ0) is 13.0. The summed E-state index contributed by atoms with van der Waals surface area (Å²) in [6.45, 7) is -0.165. The molecule has 3 N–H and O–H groups in total. The molecule has 0 spiro atoms. The van der Waals surface area contributed by atoms with Crippen LogP contribution in [0.5, 0.6) is 0 Å². The fourth-order valence-corrected chi connectivity index (χ4v) is 2.77. The summed E-state index contributed by atoms with van der Waals surface area (Å²) in [6, 6.07) is 6.34. The van der Waals surface area contributed by atoms with Gasteiger partial charge in [-0.25, -0.2) is 13.1 Å². The topological polar surface area (TPSA) is 95.1 Å². The molecule has 0 fully saturated rings. The summed E-state index contributed by atoms with van der Waals surface area (Å²) in [7, 11) is -3.63. The highest BCUT2D eigenvalue weighted by atomic mass is 32.2. The van der Waals surface area contributed by atoms with Gasteiger partial charge in [0.05, 0.1) is 17.7 Å². The molecule has 1 aromatic carbocycles. The highest BCUT2D eigenvalue weighted by Crippen LogP contribution is 2.15. The molecule has 0 aliphatic rings. The van der Waals surface area contributed by atoms with Gasteiger partial charge in [-0.15, -0.1) is 0 Å². The molecule has 0 unspecified atom stereocenters. The molecule has 1 heterocycles. The van der Waals surface area contributed by atoms with Crippen molar-refractivity contribution in [3.8, 4) is 0 Å². The molecular weight excluding hydrogens is 254 g/mol. The number of rotatable bonds is 5. The number of nitrogens with zero attached hydrogens (tertiary/aromatic N) is 1.